The number of nitriles is 1. The molecule has 0 amide bonds. The maximum Gasteiger partial charge on any atom is 0.276 e. The first-order valence-electron chi connectivity index (χ1n) is 6.01. The average molecular weight is 279 g/mol. The summed E-state index contributed by atoms with van der Waals surface area (Å²) >= 11 is 0. The summed E-state index contributed by atoms with van der Waals surface area (Å²) in [5.41, 5.74) is 1.69. The van der Waals surface area contributed by atoms with Gasteiger partial charge in [-0.1, -0.05) is 5.16 Å². The van der Waals surface area contributed by atoms with Gasteiger partial charge in [0.15, 0.2) is 0 Å². The summed E-state index contributed by atoms with van der Waals surface area (Å²) in [4.78, 5) is 12.4. The summed E-state index contributed by atoms with van der Waals surface area (Å²) in [5, 5.41) is 12.6. The van der Waals surface area contributed by atoms with Crippen molar-refractivity contribution in [3.63, 3.8) is 0 Å². The molecule has 21 heavy (non-hydrogen) atoms. The van der Waals surface area contributed by atoms with Crippen molar-refractivity contribution >= 4 is 0 Å². The van der Waals surface area contributed by atoms with Crippen molar-refractivity contribution in [1.29, 1.82) is 5.26 Å². The fourth-order valence-electron chi connectivity index (χ4n) is 1.66. The molecule has 0 spiro atoms. The van der Waals surface area contributed by atoms with Gasteiger partial charge >= 0.3 is 0 Å². The Bertz CT molecular complexity index is 787. The lowest BCUT2D eigenvalue weighted by Gasteiger charge is -1.97. The molecule has 0 N–H and O–H groups in total. The Morgan fingerprint density at radius 2 is 2.05 bits per heavy atom. The molecule has 0 aliphatic heterocycles. The van der Waals surface area contributed by atoms with E-state index in [1.807, 2.05) is 6.07 Å². The van der Waals surface area contributed by atoms with Gasteiger partial charge in [0.1, 0.15) is 11.8 Å². The lowest BCUT2D eigenvalue weighted by molar-refractivity contribution is 0.398. The number of ether oxygens (including phenoxy) is 1. The first-order valence-corrected chi connectivity index (χ1v) is 6.01. The zero-order chi connectivity index (χ0) is 14.7. The molecule has 0 fully saturated rings. The van der Waals surface area contributed by atoms with Crippen LogP contribution in [0.15, 0.2) is 41.2 Å². The summed E-state index contributed by atoms with van der Waals surface area (Å²) in [5.74, 6) is 1.20. The second kappa shape index (κ2) is 5.38. The summed E-state index contributed by atoms with van der Waals surface area (Å²) < 4.78 is 10.2. The molecule has 0 atom stereocenters. The van der Waals surface area contributed by atoms with Gasteiger partial charge in [-0.2, -0.15) is 10.2 Å². The van der Waals surface area contributed by atoms with Gasteiger partial charge in [0.2, 0.25) is 11.7 Å². The molecule has 0 aliphatic carbocycles. The quantitative estimate of drug-likeness (QED) is 0.723. The molecule has 0 bridgehead atoms. The fraction of sp³-hybridized carbons (Fsp3) is 0.0714. The van der Waals surface area contributed by atoms with Gasteiger partial charge < -0.3 is 9.26 Å². The molecule has 0 unspecified atom stereocenters. The van der Waals surface area contributed by atoms with Crippen LogP contribution in [0.25, 0.3) is 23.0 Å². The van der Waals surface area contributed by atoms with Gasteiger partial charge in [-0.3, -0.25) is 0 Å². The number of nitrogens with zero attached hydrogens (tertiary/aromatic N) is 5. The van der Waals surface area contributed by atoms with Crippen LogP contribution in [0.2, 0.25) is 0 Å². The Labute approximate surface area is 119 Å². The van der Waals surface area contributed by atoms with Gasteiger partial charge in [0.05, 0.1) is 12.7 Å². The van der Waals surface area contributed by atoms with Crippen molar-refractivity contribution in [2.24, 2.45) is 0 Å². The maximum atomic E-state index is 8.74. The van der Waals surface area contributed by atoms with Gasteiger partial charge in [-0.05, 0) is 18.2 Å². The number of hydrogen-bond acceptors (Lipinski definition) is 7. The van der Waals surface area contributed by atoms with Gasteiger partial charge in [0, 0.05) is 24.0 Å². The predicted molar refractivity (Wildman–Crippen MR) is 72.0 cm³/mol. The normalized spacial score (nSPS) is 10.1. The van der Waals surface area contributed by atoms with Crippen molar-refractivity contribution < 1.29 is 9.26 Å². The van der Waals surface area contributed by atoms with Crippen LogP contribution in [0.5, 0.6) is 5.88 Å². The van der Waals surface area contributed by atoms with Crippen LogP contribution in [0.3, 0.4) is 0 Å². The largest absolute Gasteiger partial charge is 0.481 e. The number of hydrogen-bond donors (Lipinski definition) is 0. The van der Waals surface area contributed by atoms with E-state index in [-0.39, 0.29) is 5.89 Å². The summed E-state index contributed by atoms with van der Waals surface area (Å²) in [6.45, 7) is 0. The molecule has 7 heteroatoms. The first kappa shape index (κ1) is 12.7. The van der Waals surface area contributed by atoms with E-state index in [1.165, 1.54) is 6.20 Å². The minimum Gasteiger partial charge on any atom is -0.481 e. The molecule has 3 rings (SSSR count). The van der Waals surface area contributed by atoms with Crippen molar-refractivity contribution in [2.75, 3.05) is 7.11 Å². The van der Waals surface area contributed by atoms with E-state index in [2.05, 4.69) is 20.1 Å². The standard InChI is InChI=1S/C14H9N5O2/c1-20-12-5-3-10(8-17-12)13-18-14(21-19-13)11-4-2-9(6-15)7-16-11/h2-5,7-8H,1H3. The predicted octanol–water partition coefficient (Wildman–Crippen LogP) is 2.07. The lowest BCUT2D eigenvalue weighted by Crippen LogP contribution is -1.88. The van der Waals surface area contributed by atoms with Crippen LogP contribution in [0.1, 0.15) is 5.56 Å². The first-order chi connectivity index (χ1) is 10.3. The van der Waals surface area contributed by atoms with Gasteiger partial charge in [0.25, 0.3) is 5.89 Å². The topological polar surface area (TPSA) is 97.7 Å². The summed E-state index contributed by atoms with van der Waals surface area (Å²) in [7, 11) is 1.55. The zero-order valence-electron chi connectivity index (χ0n) is 11.0. The monoisotopic (exact) mass is 279 g/mol. The highest BCUT2D eigenvalue weighted by molar-refractivity contribution is 5.57. The van der Waals surface area contributed by atoms with E-state index < -0.39 is 0 Å². The molecular formula is C14H9N5O2. The third-order valence-corrected chi connectivity index (χ3v) is 2.74. The Balaban J connectivity index is 1.89. The number of rotatable bonds is 3. The molecule has 0 aromatic carbocycles. The summed E-state index contributed by atoms with van der Waals surface area (Å²) in [6, 6.07) is 8.79. The number of aromatic nitrogens is 4. The Morgan fingerprint density at radius 3 is 2.67 bits per heavy atom. The highest BCUT2D eigenvalue weighted by Crippen LogP contribution is 2.21. The Morgan fingerprint density at radius 1 is 1.14 bits per heavy atom. The highest BCUT2D eigenvalue weighted by atomic mass is 16.5. The second-order valence-corrected chi connectivity index (χ2v) is 4.06. The Kier molecular flexibility index (Phi) is 3.27. The SMILES string of the molecule is COc1ccc(-c2noc(-c3ccc(C#N)cn3)n2)cn1. The van der Waals surface area contributed by atoms with E-state index in [0.717, 1.165) is 0 Å². The molecule has 102 valence electrons. The number of pyridine rings is 2. The maximum absolute atomic E-state index is 8.74. The van der Waals surface area contributed by atoms with E-state index in [1.54, 1.807) is 37.6 Å². The highest BCUT2D eigenvalue weighted by Gasteiger charge is 2.12. The fourth-order valence-corrected chi connectivity index (χ4v) is 1.66. The van der Waals surface area contributed by atoms with E-state index >= 15 is 0 Å². The minimum absolute atomic E-state index is 0.283. The van der Waals surface area contributed by atoms with E-state index in [0.29, 0.717) is 28.5 Å². The lowest BCUT2D eigenvalue weighted by atomic mass is 10.2. The van der Waals surface area contributed by atoms with Crippen LogP contribution in [0, 0.1) is 11.3 Å². The zero-order valence-corrected chi connectivity index (χ0v) is 11.0. The molecule has 0 aliphatic rings. The molecule has 7 nitrogen and oxygen atoms in total. The molecular weight excluding hydrogens is 270 g/mol. The molecule has 0 saturated heterocycles. The Hall–Kier alpha value is -3.27. The number of methoxy groups -OCH3 is 1. The second-order valence-electron chi connectivity index (χ2n) is 4.06. The summed E-state index contributed by atoms with van der Waals surface area (Å²) in [6.07, 6.45) is 3.05. The van der Waals surface area contributed by atoms with Crippen LogP contribution in [-0.4, -0.2) is 27.2 Å². The third-order valence-electron chi connectivity index (χ3n) is 2.74. The molecule has 0 radical (unpaired) electrons. The van der Waals surface area contributed by atoms with Gasteiger partial charge in [-0.25, -0.2) is 9.97 Å². The van der Waals surface area contributed by atoms with Gasteiger partial charge in [-0.15, -0.1) is 0 Å². The minimum atomic E-state index is 0.283. The van der Waals surface area contributed by atoms with Crippen molar-refractivity contribution in [3.05, 3.63) is 42.2 Å². The molecule has 3 heterocycles. The molecule has 3 aromatic heterocycles. The van der Waals surface area contributed by atoms with Crippen molar-refractivity contribution in [1.82, 2.24) is 20.1 Å². The molecule has 0 saturated carbocycles. The smallest absolute Gasteiger partial charge is 0.276 e. The van der Waals surface area contributed by atoms with Crippen LogP contribution >= 0.6 is 0 Å². The van der Waals surface area contributed by atoms with E-state index in [9.17, 15) is 0 Å². The van der Waals surface area contributed by atoms with Crippen LogP contribution in [0.4, 0.5) is 0 Å². The molecule has 3 aromatic rings. The van der Waals surface area contributed by atoms with Crippen molar-refractivity contribution in [2.45, 2.75) is 0 Å². The van der Waals surface area contributed by atoms with E-state index in [4.69, 9.17) is 14.5 Å². The van der Waals surface area contributed by atoms with Crippen LogP contribution in [-0.2, 0) is 0 Å². The van der Waals surface area contributed by atoms with Crippen molar-refractivity contribution in [3.8, 4) is 34.9 Å². The average Bonchev–Trinajstić information content (AvgIpc) is 3.05. The third kappa shape index (κ3) is 2.55. The van der Waals surface area contributed by atoms with Crippen LogP contribution < -0.4 is 4.74 Å².